The molecular formula is C18H26N2O. The van der Waals surface area contributed by atoms with E-state index in [1.165, 1.54) is 11.1 Å². The van der Waals surface area contributed by atoms with Gasteiger partial charge < -0.3 is 10.8 Å². The number of allylic oxidation sites excluding steroid dienone is 2. The maximum absolute atomic E-state index is 9.87. The van der Waals surface area contributed by atoms with E-state index < -0.39 is 0 Å². The minimum absolute atomic E-state index is 0.00460. The first-order valence-electron chi connectivity index (χ1n) is 7.25. The fourth-order valence-electron chi connectivity index (χ4n) is 1.95. The van der Waals surface area contributed by atoms with Crippen LogP contribution in [0.5, 0.6) is 5.75 Å². The Morgan fingerprint density at radius 1 is 1.43 bits per heavy atom. The van der Waals surface area contributed by atoms with Crippen LogP contribution in [0.3, 0.4) is 0 Å². The third-order valence-corrected chi connectivity index (χ3v) is 3.46. The zero-order valence-corrected chi connectivity index (χ0v) is 13.5. The van der Waals surface area contributed by atoms with E-state index in [-0.39, 0.29) is 11.8 Å². The molecular weight excluding hydrogens is 260 g/mol. The van der Waals surface area contributed by atoms with Crippen molar-refractivity contribution < 1.29 is 5.11 Å². The second-order valence-electron chi connectivity index (χ2n) is 5.65. The molecule has 0 saturated carbocycles. The Kier molecular flexibility index (Phi) is 6.22. The van der Waals surface area contributed by atoms with E-state index in [1.54, 1.807) is 6.07 Å². The molecule has 114 valence electrons. The van der Waals surface area contributed by atoms with E-state index in [0.717, 1.165) is 18.4 Å². The molecule has 0 aliphatic heterocycles. The van der Waals surface area contributed by atoms with E-state index in [0.29, 0.717) is 11.4 Å². The average molecular weight is 286 g/mol. The Hall–Kier alpha value is -2.03. The van der Waals surface area contributed by atoms with Crippen molar-refractivity contribution in [2.24, 2.45) is 10.7 Å². The van der Waals surface area contributed by atoms with Gasteiger partial charge >= 0.3 is 0 Å². The Morgan fingerprint density at radius 2 is 2.10 bits per heavy atom. The number of benzene rings is 1. The van der Waals surface area contributed by atoms with Gasteiger partial charge in [-0.3, -0.25) is 4.99 Å². The third kappa shape index (κ3) is 5.46. The molecule has 1 unspecified atom stereocenters. The maximum atomic E-state index is 9.87. The SMILES string of the molecule is C=C(C)CC/C=C(\C)C(C)N=C(N)c1cc(C)ccc1O. The summed E-state index contributed by atoms with van der Waals surface area (Å²) in [5.74, 6) is 0.536. The summed E-state index contributed by atoms with van der Waals surface area (Å²) in [5, 5.41) is 9.87. The van der Waals surface area contributed by atoms with E-state index in [4.69, 9.17) is 5.73 Å². The minimum Gasteiger partial charge on any atom is -0.507 e. The molecule has 0 aliphatic rings. The number of aromatic hydroxyl groups is 1. The first-order valence-corrected chi connectivity index (χ1v) is 7.25. The quantitative estimate of drug-likeness (QED) is 0.470. The molecule has 3 N–H and O–H groups in total. The highest BCUT2D eigenvalue weighted by Crippen LogP contribution is 2.19. The lowest BCUT2D eigenvalue weighted by atomic mass is 10.1. The zero-order valence-electron chi connectivity index (χ0n) is 13.5. The Labute approximate surface area is 127 Å². The lowest BCUT2D eigenvalue weighted by Gasteiger charge is -2.11. The summed E-state index contributed by atoms with van der Waals surface area (Å²) in [4.78, 5) is 4.49. The molecule has 1 atom stereocenters. The molecule has 1 rings (SSSR count). The number of amidine groups is 1. The normalized spacial score (nSPS) is 14.1. The standard InChI is InChI=1S/C18H26N2O/c1-12(2)7-6-8-14(4)15(5)20-18(19)16-11-13(3)9-10-17(16)21/h8-11,15,21H,1,6-7H2,2-5H3,(H2,19,20)/b14-8+. The number of aryl methyl sites for hydroxylation is 1. The van der Waals surface area contributed by atoms with Crippen LogP contribution in [-0.2, 0) is 0 Å². The van der Waals surface area contributed by atoms with Crippen LogP contribution < -0.4 is 5.73 Å². The van der Waals surface area contributed by atoms with Gasteiger partial charge in [-0.25, -0.2) is 0 Å². The summed E-state index contributed by atoms with van der Waals surface area (Å²) < 4.78 is 0. The van der Waals surface area contributed by atoms with Crippen molar-refractivity contribution in [3.63, 3.8) is 0 Å². The number of phenols is 1. The summed E-state index contributed by atoms with van der Waals surface area (Å²) in [7, 11) is 0. The summed E-state index contributed by atoms with van der Waals surface area (Å²) in [5.41, 5.74) is 10.0. The molecule has 0 fully saturated rings. The molecule has 21 heavy (non-hydrogen) atoms. The number of nitrogens with zero attached hydrogens (tertiary/aromatic N) is 1. The number of phenolic OH excluding ortho intramolecular Hbond substituents is 1. The number of hydrogen-bond acceptors (Lipinski definition) is 2. The van der Waals surface area contributed by atoms with Gasteiger partial charge in [-0.1, -0.05) is 28.9 Å². The number of nitrogens with two attached hydrogens (primary N) is 1. The summed E-state index contributed by atoms with van der Waals surface area (Å²) in [6, 6.07) is 5.34. The fraction of sp³-hybridized carbons (Fsp3) is 0.389. The largest absolute Gasteiger partial charge is 0.507 e. The van der Waals surface area contributed by atoms with Crippen molar-refractivity contribution in [2.75, 3.05) is 0 Å². The Morgan fingerprint density at radius 3 is 2.71 bits per heavy atom. The van der Waals surface area contributed by atoms with Gasteiger partial charge in [-0.15, -0.1) is 6.58 Å². The smallest absolute Gasteiger partial charge is 0.129 e. The number of aliphatic imine (C=N–C) groups is 1. The van der Waals surface area contributed by atoms with Crippen LogP contribution in [0.4, 0.5) is 0 Å². The Bertz CT molecular complexity index is 571. The van der Waals surface area contributed by atoms with Crippen LogP contribution in [0.1, 0.15) is 44.7 Å². The second-order valence-corrected chi connectivity index (χ2v) is 5.65. The van der Waals surface area contributed by atoms with Gasteiger partial charge in [0.15, 0.2) is 0 Å². The molecule has 0 radical (unpaired) electrons. The molecule has 3 nitrogen and oxygen atoms in total. The predicted octanol–water partition coefficient (Wildman–Crippen LogP) is 4.10. The molecule has 0 aliphatic carbocycles. The van der Waals surface area contributed by atoms with Gasteiger partial charge in [-0.2, -0.15) is 0 Å². The van der Waals surface area contributed by atoms with E-state index in [1.807, 2.05) is 32.9 Å². The molecule has 0 amide bonds. The van der Waals surface area contributed by atoms with Gasteiger partial charge in [0.25, 0.3) is 0 Å². The molecule has 0 saturated heterocycles. The van der Waals surface area contributed by atoms with Crippen molar-refractivity contribution in [1.29, 1.82) is 0 Å². The summed E-state index contributed by atoms with van der Waals surface area (Å²) >= 11 is 0. The van der Waals surface area contributed by atoms with Gasteiger partial charge in [-0.05, 0) is 52.7 Å². The van der Waals surface area contributed by atoms with E-state index in [9.17, 15) is 5.11 Å². The molecule has 1 aromatic rings. The molecule has 0 aromatic heterocycles. The highest BCUT2D eigenvalue weighted by molar-refractivity contribution is 6.00. The van der Waals surface area contributed by atoms with Crippen molar-refractivity contribution in [3.05, 3.63) is 53.1 Å². The topological polar surface area (TPSA) is 58.6 Å². The average Bonchev–Trinajstić information content (AvgIpc) is 2.40. The van der Waals surface area contributed by atoms with Crippen molar-refractivity contribution in [2.45, 2.75) is 46.6 Å². The van der Waals surface area contributed by atoms with Crippen molar-refractivity contribution in [1.82, 2.24) is 0 Å². The summed E-state index contributed by atoms with van der Waals surface area (Å²) in [6.45, 7) is 11.9. The fourth-order valence-corrected chi connectivity index (χ4v) is 1.95. The van der Waals surface area contributed by atoms with E-state index >= 15 is 0 Å². The first-order chi connectivity index (χ1) is 9.81. The first kappa shape index (κ1) is 17.0. The minimum atomic E-state index is -0.00460. The monoisotopic (exact) mass is 286 g/mol. The van der Waals surface area contributed by atoms with Crippen LogP contribution >= 0.6 is 0 Å². The second kappa shape index (κ2) is 7.67. The molecule has 0 spiro atoms. The van der Waals surface area contributed by atoms with E-state index in [2.05, 4.69) is 24.6 Å². The van der Waals surface area contributed by atoms with Crippen LogP contribution in [-0.4, -0.2) is 17.0 Å². The molecule has 0 heterocycles. The third-order valence-electron chi connectivity index (χ3n) is 3.46. The lowest BCUT2D eigenvalue weighted by Crippen LogP contribution is -2.17. The zero-order chi connectivity index (χ0) is 16.0. The number of rotatable bonds is 6. The molecule has 3 heteroatoms. The van der Waals surface area contributed by atoms with Gasteiger partial charge in [0.05, 0.1) is 11.6 Å². The van der Waals surface area contributed by atoms with Crippen LogP contribution in [0.25, 0.3) is 0 Å². The van der Waals surface area contributed by atoms with Crippen LogP contribution in [0.2, 0.25) is 0 Å². The summed E-state index contributed by atoms with van der Waals surface area (Å²) in [6.07, 6.45) is 4.13. The van der Waals surface area contributed by atoms with Crippen molar-refractivity contribution in [3.8, 4) is 5.75 Å². The van der Waals surface area contributed by atoms with Crippen molar-refractivity contribution >= 4 is 5.84 Å². The van der Waals surface area contributed by atoms with Crippen LogP contribution in [0, 0.1) is 6.92 Å². The Balaban J connectivity index is 2.85. The molecule has 1 aromatic carbocycles. The highest BCUT2D eigenvalue weighted by atomic mass is 16.3. The van der Waals surface area contributed by atoms with Gasteiger partial charge in [0.2, 0.25) is 0 Å². The molecule has 0 bridgehead atoms. The number of hydrogen-bond donors (Lipinski definition) is 2. The highest BCUT2D eigenvalue weighted by Gasteiger charge is 2.08. The lowest BCUT2D eigenvalue weighted by molar-refractivity contribution is 0.474. The predicted molar refractivity (Wildman–Crippen MR) is 90.8 cm³/mol. The van der Waals surface area contributed by atoms with Gasteiger partial charge in [0.1, 0.15) is 11.6 Å². The maximum Gasteiger partial charge on any atom is 0.129 e. The van der Waals surface area contributed by atoms with Crippen LogP contribution in [0.15, 0.2) is 47.0 Å². The van der Waals surface area contributed by atoms with Gasteiger partial charge in [0, 0.05) is 0 Å².